The van der Waals surface area contributed by atoms with E-state index in [1.165, 1.54) is 28.9 Å². The van der Waals surface area contributed by atoms with Gasteiger partial charge in [0.05, 0.1) is 0 Å². The minimum atomic E-state index is 0.772. The standard InChI is InChI=1S/C20H26N2OS/c1-21-14-16-13-15(11-12-22-17-4-5-17)3-10-20(16)23-18-6-8-19(24-2)9-7-18/h3,6-10,13,17,21-22H,4-5,11-12,14H2,1-2H3. The lowest BCUT2D eigenvalue weighted by atomic mass is 10.1. The van der Waals surface area contributed by atoms with Gasteiger partial charge in [-0.1, -0.05) is 12.1 Å². The van der Waals surface area contributed by atoms with Crippen LogP contribution in [0.2, 0.25) is 0 Å². The molecule has 3 rings (SSSR count). The van der Waals surface area contributed by atoms with Gasteiger partial charge in [-0.15, -0.1) is 11.8 Å². The summed E-state index contributed by atoms with van der Waals surface area (Å²) in [6.45, 7) is 1.86. The highest BCUT2D eigenvalue weighted by Crippen LogP contribution is 2.28. The van der Waals surface area contributed by atoms with Crippen LogP contribution in [-0.2, 0) is 13.0 Å². The minimum absolute atomic E-state index is 0.772. The Kier molecular flexibility index (Phi) is 6.18. The number of rotatable bonds is 9. The zero-order chi connectivity index (χ0) is 16.8. The molecule has 3 nitrogen and oxygen atoms in total. The summed E-state index contributed by atoms with van der Waals surface area (Å²) in [6.07, 6.45) is 5.83. The van der Waals surface area contributed by atoms with E-state index < -0.39 is 0 Å². The summed E-state index contributed by atoms with van der Waals surface area (Å²) in [4.78, 5) is 1.25. The van der Waals surface area contributed by atoms with Gasteiger partial charge in [0, 0.05) is 23.0 Å². The predicted molar refractivity (Wildman–Crippen MR) is 102 cm³/mol. The Bertz CT molecular complexity index is 653. The van der Waals surface area contributed by atoms with Gasteiger partial charge >= 0.3 is 0 Å². The maximum Gasteiger partial charge on any atom is 0.131 e. The van der Waals surface area contributed by atoms with Crippen molar-refractivity contribution in [3.8, 4) is 11.5 Å². The van der Waals surface area contributed by atoms with Crippen molar-refractivity contribution in [1.29, 1.82) is 0 Å². The number of hydrogen-bond donors (Lipinski definition) is 2. The Balaban J connectivity index is 1.67. The number of ether oxygens (including phenoxy) is 1. The zero-order valence-electron chi connectivity index (χ0n) is 14.5. The van der Waals surface area contributed by atoms with Gasteiger partial charge in [0.25, 0.3) is 0 Å². The molecule has 0 aromatic heterocycles. The lowest BCUT2D eigenvalue weighted by Gasteiger charge is -2.13. The van der Waals surface area contributed by atoms with E-state index in [2.05, 4.69) is 47.2 Å². The largest absolute Gasteiger partial charge is 0.457 e. The number of hydrogen-bond acceptors (Lipinski definition) is 4. The molecule has 1 saturated carbocycles. The first kappa shape index (κ1) is 17.3. The van der Waals surface area contributed by atoms with Crippen molar-refractivity contribution in [1.82, 2.24) is 10.6 Å². The molecule has 0 spiro atoms. The van der Waals surface area contributed by atoms with E-state index in [0.29, 0.717) is 0 Å². The highest BCUT2D eigenvalue weighted by atomic mass is 32.2. The average Bonchev–Trinajstić information content (AvgIpc) is 3.42. The molecule has 2 N–H and O–H groups in total. The molecule has 0 unspecified atom stereocenters. The quantitative estimate of drug-likeness (QED) is 0.669. The van der Waals surface area contributed by atoms with Crippen molar-refractivity contribution in [2.24, 2.45) is 0 Å². The van der Waals surface area contributed by atoms with E-state index in [0.717, 1.165) is 37.1 Å². The molecule has 2 aromatic rings. The van der Waals surface area contributed by atoms with Crippen LogP contribution in [0.1, 0.15) is 24.0 Å². The van der Waals surface area contributed by atoms with E-state index in [1.54, 1.807) is 11.8 Å². The van der Waals surface area contributed by atoms with Crippen LogP contribution in [0.25, 0.3) is 0 Å². The van der Waals surface area contributed by atoms with Crippen LogP contribution in [-0.4, -0.2) is 25.9 Å². The van der Waals surface area contributed by atoms with Crippen LogP contribution in [0.3, 0.4) is 0 Å². The maximum atomic E-state index is 6.10. The van der Waals surface area contributed by atoms with Crippen LogP contribution in [0.4, 0.5) is 0 Å². The summed E-state index contributed by atoms with van der Waals surface area (Å²) in [5.74, 6) is 1.81. The van der Waals surface area contributed by atoms with E-state index in [1.807, 2.05) is 19.2 Å². The van der Waals surface area contributed by atoms with Crippen molar-refractivity contribution < 1.29 is 4.74 Å². The number of benzene rings is 2. The van der Waals surface area contributed by atoms with E-state index >= 15 is 0 Å². The van der Waals surface area contributed by atoms with Crippen LogP contribution in [0, 0.1) is 0 Å². The summed E-state index contributed by atoms with van der Waals surface area (Å²) >= 11 is 1.74. The molecule has 1 aliphatic carbocycles. The minimum Gasteiger partial charge on any atom is -0.457 e. The molecule has 0 amide bonds. The zero-order valence-corrected chi connectivity index (χ0v) is 15.3. The monoisotopic (exact) mass is 342 g/mol. The van der Waals surface area contributed by atoms with Crippen molar-refractivity contribution in [2.75, 3.05) is 19.8 Å². The van der Waals surface area contributed by atoms with Crippen LogP contribution in [0.5, 0.6) is 11.5 Å². The second-order valence-corrected chi connectivity index (χ2v) is 7.11. The van der Waals surface area contributed by atoms with Gasteiger partial charge in [-0.25, -0.2) is 0 Å². The fraction of sp³-hybridized carbons (Fsp3) is 0.400. The number of thioether (sulfide) groups is 1. The van der Waals surface area contributed by atoms with Crippen molar-refractivity contribution in [2.45, 2.75) is 36.7 Å². The van der Waals surface area contributed by atoms with Crippen molar-refractivity contribution in [3.05, 3.63) is 53.6 Å². The van der Waals surface area contributed by atoms with Crippen LogP contribution < -0.4 is 15.4 Å². The Morgan fingerprint density at radius 2 is 1.92 bits per heavy atom. The fourth-order valence-corrected chi connectivity index (χ4v) is 3.10. The normalized spacial score (nSPS) is 13.9. The molecular weight excluding hydrogens is 316 g/mol. The van der Waals surface area contributed by atoms with Gasteiger partial charge in [0.1, 0.15) is 11.5 Å². The molecule has 0 heterocycles. The second kappa shape index (κ2) is 8.56. The lowest BCUT2D eigenvalue weighted by molar-refractivity contribution is 0.473. The topological polar surface area (TPSA) is 33.3 Å². The third kappa shape index (κ3) is 5.00. The third-order valence-corrected chi connectivity index (χ3v) is 4.95. The van der Waals surface area contributed by atoms with Gasteiger partial charge in [0.2, 0.25) is 0 Å². The summed E-state index contributed by atoms with van der Waals surface area (Å²) in [5.41, 5.74) is 2.56. The first-order valence-corrected chi connectivity index (χ1v) is 9.82. The van der Waals surface area contributed by atoms with E-state index in [9.17, 15) is 0 Å². The summed E-state index contributed by atoms with van der Waals surface area (Å²) in [7, 11) is 1.97. The molecule has 1 aliphatic rings. The van der Waals surface area contributed by atoms with Crippen LogP contribution >= 0.6 is 11.8 Å². The summed E-state index contributed by atoms with van der Waals surface area (Å²) in [5, 5.41) is 6.81. The summed E-state index contributed by atoms with van der Waals surface area (Å²) in [6, 6.07) is 15.6. The van der Waals surface area contributed by atoms with Crippen molar-refractivity contribution in [3.63, 3.8) is 0 Å². The molecule has 1 fully saturated rings. The molecule has 128 valence electrons. The van der Waals surface area contributed by atoms with Gasteiger partial charge in [-0.3, -0.25) is 0 Å². The Morgan fingerprint density at radius 1 is 1.12 bits per heavy atom. The molecule has 0 atom stereocenters. The van der Waals surface area contributed by atoms with Gasteiger partial charge in [-0.2, -0.15) is 0 Å². The van der Waals surface area contributed by atoms with Gasteiger partial charge < -0.3 is 15.4 Å². The molecule has 24 heavy (non-hydrogen) atoms. The molecule has 0 radical (unpaired) electrons. The maximum absolute atomic E-state index is 6.10. The molecule has 0 saturated heterocycles. The molecule has 0 bridgehead atoms. The second-order valence-electron chi connectivity index (χ2n) is 6.23. The average molecular weight is 343 g/mol. The van der Waals surface area contributed by atoms with Crippen molar-refractivity contribution >= 4 is 11.8 Å². The fourth-order valence-electron chi connectivity index (χ4n) is 2.70. The lowest BCUT2D eigenvalue weighted by Crippen LogP contribution is -2.19. The summed E-state index contributed by atoms with van der Waals surface area (Å²) < 4.78 is 6.10. The Hall–Kier alpha value is -1.49. The van der Waals surface area contributed by atoms with Gasteiger partial charge in [0.15, 0.2) is 0 Å². The van der Waals surface area contributed by atoms with E-state index in [4.69, 9.17) is 4.74 Å². The molecule has 0 aliphatic heterocycles. The molecule has 4 heteroatoms. The Labute approximate surface area is 149 Å². The van der Waals surface area contributed by atoms with Gasteiger partial charge in [-0.05, 0) is 75.0 Å². The predicted octanol–water partition coefficient (Wildman–Crippen LogP) is 4.21. The first-order valence-electron chi connectivity index (χ1n) is 8.60. The highest BCUT2D eigenvalue weighted by Gasteiger charge is 2.19. The molecule has 2 aromatic carbocycles. The third-order valence-electron chi connectivity index (χ3n) is 4.20. The first-order chi connectivity index (χ1) is 11.8. The Morgan fingerprint density at radius 3 is 2.58 bits per heavy atom. The smallest absolute Gasteiger partial charge is 0.131 e. The van der Waals surface area contributed by atoms with Crippen LogP contribution in [0.15, 0.2) is 47.4 Å². The van der Waals surface area contributed by atoms with E-state index in [-0.39, 0.29) is 0 Å². The SMILES string of the molecule is CNCc1cc(CCNC2CC2)ccc1Oc1ccc(SC)cc1. The highest BCUT2D eigenvalue weighted by molar-refractivity contribution is 7.98. The molecular formula is C20H26N2OS. The number of nitrogens with one attached hydrogen (secondary N) is 2.